The smallest absolute Gasteiger partial charge is 0.240 e. The molecule has 0 heterocycles. The fraction of sp³-hybridized carbons (Fsp3) is 0.636. The molecule has 0 bridgehead atoms. The Kier molecular flexibility index (Phi) is 10.1. The molecule has 0 saturated carbocycles. The Hall–Kier alpha value is -1.64. The van der Waals surface area contributed by atoms with Crippen LogP contribution in [0.5, 0.6) is 0 Å². The summed E-state index contributed by atoms with van der Waals surface area (Å²) in [6.07, 6.45) is 12.2. The third-order valence-corrected chi connectivity index (χ3v) is 4.44. The average Bonchev–Trinajstić information content (AvgIpc) is 2.57. The highest BCUT2D eigenvalue weighted by atomic mass is 16.2. The summed E-state index contributed by atoms with van der Waals surface area (Å²) in [6, 6.07) is 8.30. The summed E-state index contributed by atoms with van der Waals surface area (Å²) in [4.78, 5) is 11.8. The summed E-state index contributed by atoms with van der Waals surface area (Å²) in [5.41, 5.74) is 5.07. The maximum absolute atomic E-state index is 11.8. The molecule has 1 N–H and O–H groups in total. The van der Waals surface area contributed by atoms with Crippen molar-refractivity contribution < 1.29 is 4.79 Å². The highest BCUT2D eigenvalue weighted by Crippen LogP contribution is 2.21. The first-order valence-corrected chi connectivity index (χ1v) is 9.86. The van der Waals surface area contributed by atoms with Crippen molar-refractivity contribution in [3.05, 3.63) is 35.4 Å². The summed E-state index contributed by atoms with van der Waals surface area (Å²) >= 11 is 0. The monoisotopic (exact) mass is 344 g/mol. The Morgan fingerprint density at radius 2 is 1.52 bits per heavy atom. The molecule has 0 fully saturated rings. The van der Waals surface area contributed by atoms with E-state index in [-0.39, 0.29) is 11.3 Å². The standard InChI is InChI=1S/C22H36N2O/c1-5-6-7-8-9-10-11-12-13-21(25)24-23-18-19-14-16-20(17-15-19)22(2,3)4/h14-18H,5-13H2,1-4H3,(H,24,25). The summed E-state index contributed by atoms with van der Waals surface area (Å²) in [7, 11) is 0. The van der Waals surface area contributed by atoms with Crippen molar-refractivity contribution >= 4 is 12.1 Å². The molecule has 0 atom stereocenters. The minimum atomic E-state index is 0.00791. The highest BCUT2D eigenvalue weighted by molar-refractivity contribution is 5.82. The molecular weight excluding hydrogens is 308 g/mol. The van der Waals surface area contributed by atoms with Crippen molar-refractivity contribution in [1.82, 2.24) is 5.43 Å². The van der Waals surface area contributed by atoms with Crippen LogP contribution in [-0.4, -0.2) is 12.1 Å². The number of amides is 1. The topological polar surface area (TPSA) is 41.5 Å². The van der Waals surface area contributed by atoms with Crippen LogP contribution in [0.4, 0.5) is 0 Å². The molecule has 0 aliphatic carbocycles. The molecular formula is C22H36N2O. The van der Waals surface area contributed by atoms with Gasteiger partial charge in [-0.3, -0.25) is 4.79 Å². The maximum atomic E-state index is 11.8. The lowest BCUT2D eigenvalue weighted by Gasteiger charge is -2.18. The first kappa shape index (κ1) is 21.4. The molecule has 0 aromatic heterocycles. The maximum Gasteiger partial charge on any atom is 0.240 e. The minimum Gasteiger partial charge on any atom is -0.273 e. The fourth-order valence-electron chi connectivity index (χ4n) is 2.72. The largest absolute Gasteiger partial charge is 0.273 e. The van der Waals surface area contributed by atoms with Gasteiger partial charge >= 0.3 is 0 Å². The zero-order chi connectivity index (χ0) is 18.5. The minimum absolute atomic E-state index is 0.00791. The second kappa shape index (κ2) is 11.8. The zero-order valence-corrected chi connectivity index (χ0v) is 16.6. The van der Waals surface area contributed by atoms with Gasteiger partial charge in [-0.15, -0.1) is 0 Å². The van der Waals surface area contributed by atoms with E-state index in [1.807, 2.05) is 12.1 Å². The number of unbranched alkanes of at least 4 members (excludes halogenated alkanes) is 7. The van der Waals surface area contributed by atoms with Crippen LogP contribution in [0.25, 0.3) is 0 Å². The number of carbonyl (C=O) groups excluding carboxylic acids is 1. The molecule has 3 nitrogen and oxygen atoms in total. The first-order valence-electron chi connectivity index (χ1n) is 9.86. The predicted molar refractivity (Wildman–Crippen MR) is 108 cm³/mol. The van der Waals surface area contributed by atoms with Crippen LogP contribution >= 0.6 is 0 Å². The van der Waals surface area contributed by atoms with Gasteiger partial charge in [-0.05, 0) is 23.0 Å². The van der Waals surface area contributed by atoms with E-state index in [9.17, 15) is 4.79 Å². The van der Waals surface area contributed by atoms with Crippen LogP contribution < -0.4 is 5.43 Å². The lowest BCUT2D eigenvalue weighted by atomic mass is 9.87. The molecule has 0 radical (unpaired) electrons. The SMILES string of the molecule is CCCCCCCCCCC(=O)NN=Cc1ccc(C(C)(C)C)cc1. The number of carbonyl (C=O) groups is 1. The quantitative estimate of drug-likeness (QED) is 0.300. The van der Waals surface area contributed by atoms with Crippen LogP contribution in [0.15, 0.2) is 29.4 Å². The Balaban J connectivity index is 2.16. The summed E-state index contributed by atoms with van der Waals surface area (Å²) in [6.45, 7) is 8.83. The van der Waals surface area contributed by atoms with Gasteiger partial charge in [0.05, 0.1) is 6.21 Å². The van der Waals surface area contributed by atoms with E-state index in [0.717, 1.165) is 18.4 Å². The highest BCUT2D eigenvalue weighted by Gasteiger charge is 2.12. The summed E-state index contributed by atoms with van der Waals surface area (Å²) in [5, 5.41) is 4.06. The van der Waals surface area contributed by atoms with E-state index in [1.165, 1.54) is 44.1 Å². The van der Waals surface area contributed by atoms with E-state index in [4.69, 9.17) is 0 Å². The number of hydrazone groups is 1. The van der Waals surface area contributed by atoms with Gasteiger partial charge in [0.15, 0.2) is 0 Å². The van der Waals surface area contributed by atoms with Crippen LogP contribution in [-0.2, 0) is 10.2 Å². The number of nitrogens with one attached hydrogen (secondary N) is 1. The van der Waals surface area contributed by atoms with E-state index in [0.29, 0.717) is 6.42 Å². The van der Waals surface area contributed by atoms with Crippen molar-refractivity contribution in [3.63, 3.8) is 0 Å². The van der Waals surface area contributed by atoms with E-state index < -0.39 is 0 Å². The third kappa shape index (κ3) is 10.1. The second-order valence-electron chi connectivity index (χ2n) is 7.89. The lowest BCUT2D eigenvalue weighted by molar-refractivity contribution is -0.121. The number of nitrogens with zero attached hydrogens (tertiary/aromatic N) is 1. The number of hydrogen-bond acceptors (Lipinski definition) is 2. The van der Waals surface area contributed by atoms with E-state index in [1.54, 1.807) is 6.21 Å². The summed E-state index contributed by atoms with van der Waals surface area (Å²) < 4.78 is 0. The summed E-state index contributed by atoms with van der Waals surface area (Å²) in [5.74, 6) is 0.00791. The zero-order valence-electron chi connectivity index (χ0n) is 16.6. The Bertz CT molecular complexity index is 512. The molecule has 1 aromatic rings. The second-order valence-corrected chi connectivity index (χ2v) is 7.89. The molecule has 25 heavy (non-hydrogen) atoms. The van der Waals surface area contributed by atoms with Gasteiger partial charge < -0.3 is 0 Å². The van der Waals surface area contributed by atoms with Gasteiger partial charge in [0.2, 0.25) is 5.91 Å². The van der Waals surface area contributed by atoms with E-state index in [2.05, 4.69) is 50.4 Å². The van der Waals surface area contributed by atoms with Gasteiger partial charge in [-0.1, -0.05) is 96.9 Å². The van der Waals surface area contributed by atoms with Crippen LogP contribution in [0.2, 0.25) is 0 Å². The molecule has 1 amide bonds. The average molecular weight is 345 g/mol. The molecule has 0 aliphatic rings. The van der Waals surface area contributed by atoms with Gasteiger partial charge in [0, 0.05) is 6.42 Å². The number of rotatable bonds is 11. The Morgan fingerprint density at radius 3 is 2.08 bits per heavy atom. The Morgan fingerprint density at radius 1 is 0.960 bits per heavy atom. The molecule has 0 saturated heterocycles. The van der Waals surface area contributed by atoms with Crippen molar-refractivity contribution in [1.29, 1.82) is 0 Å². The van der Waals surface area contributed by atoms with Crippen molar-refractivity contribution in [3.8, 4) is 0 Å². The first-order chi connectivity index (χ1) is 11.9. The molecule has 3 heteroatoms. The fourth-order valence-corrected chi connectivity index (χ4v) is 2.72. The van der Waals surface area contributed by atoms with Gasteiger partial charge in [-0.2, -0.15) is 5.10 Å². The molecule has 0 aliphatic heterocycles. The molecule has 1 aromatic carbocycles. The van der Waals surface area contributed by atoms with Gasteiger partial charge in [0.1, 0.15) is 0 Å². The number of benzene rings is 1. The molecule has 140 valence electrons. The molecule has 1 rings (SSSR count). The van der Waals surface area contributed by atoms with Crippen LogP contribution in [0.1, 0.15) is 96.6 Å². The molecule has 0 spiro atoms. The van der Waals surface area contributed by atoms with Gasteiger partial charge in [-0.25, -0.2) is 5.43 Å². The van der Waals surface area contributed by atoms with Crippen LogP contribution in [0, 0.1) is 0 Å². The van der Waals surface area contributed by atoms with Crippen molar-refractivity contribution in [2.24, 2.45) is 5.10 Å². The van der Waals surface area contributed by atoms with Gasteiger partial charge in [0.25, 0.3) is 0 Å². The lowest BCUT2D eigenvalue weighted by Crippen LogP contribution is -2.17. The molecule has 0 unspecified atom stereocenters. The normalized spacial score (nSPS) is 11.8. The van der Waals surface area contributed by atoms with Crippen molar-refractivity contribution in [2.45, 2.75) is 90.9 Å². The predicted octanol–water partition coefficient (Wildman–Crippen LogP) is 5.97. The number of hydrogen-bond donors (Lipinski definition) is 1. The third-order valence-electron chi connectivity index (χ3n) is 4.44. The van der Waals surface area contributed by atoms with E-state index >= 15 is 0 Å². The Labute approximate surface area is 154 Å². The van der Waals surface area contributed by atoms with Crippen molar-refractivity contribution in [2.75, 3.05) is 0 Å². The van der Waals surface area contributed by atoms with Crippen LogP contribution in [0.3, 0.4) is 0 Å².